The largest absolute Gasteiger partial charge is 0.294 e. The summed E-state index contributed by atoms with van der Waals surface area (Å²) in [5.74, 6) is 0.146. The van der Waals surface area contributed by atoms with Gasteiger partial charge in [-0.2, -0.15) is 0 Å². The molecule has 3 rings (SSSR count). The third kappa shape index (κ3) is 2.95. The van der Waals surface area contributed by atoms with Gasteiger partial charge in [0.05, 0.1) is 12.1 Å². The second-order valence-corrected chi connectivity index (χ2v) is 6.88. The van der Waals surface area contributed by atoms with Crippen LogP contribution < -0.4 is 0 Å². The van der Waals surface area contributed by atoms with Crippen molar-refractivity contribution in [3.8, 4) is 0 Å². The van der Waals surface area contributed by atoms with Gasteiger partial charge >= 0.3 is 0 Å². The van der Waals surface area contributed by atoms with E-state index in [2.05, 4.69) is 20.9 Å². The molecule has 2 nitrogen and oxygen atoms in total. The molecule has 0 saturated heterocycles. The second-order valence-electron chi connectivity index (χ2n) is 4.79. The number of carbonyl (C=O) groups is 1. The molecule has 1 aliphatic carbocycles. The fourth-order valence-corrected chi connectivity index (χ4v) is 3.94. The third-order valence-corrected chi connectivity index (χ3v) is 5.00. The average molecular weight is 336 g/mol. The van der Waals surface area contributed by atoms with Crippen LogP contribution in [-0.2, 0) is 19.3 Å². The highest BCUT2D eigenvalue weighted by atomic mass is 79.9. The van der Waals surface area contributed by atoms with Crippen LogP contribution in [0.15, 0.2) is 28.7 Å². The van der Waals surface area contributed by atoms with Crippen LogP contribution in [0.4, 0.5) is 0 Å². The number of fused-ring (bicyclic) bond motifs is 1. The molecular formula is C15H14BrNOS. The minimum absolute atomic E-state index is 0.146. The molecule has 1 aromatic heterocycles. The van der Waals surface area contributed by atoms with Crippen molar-refractivity contribution >= 4 is 33.0 Å². The predicted octanol–water partition coefficient (Wildman–Crippen LogP) is 4.21. The van der Waals surface area contributed by atoms with Crippen LogP contribution >= 0.6 is 27.3 Å². The van der Waals surface area contributed by atoms with Crippen LogP contribution in [0.5, 0.6) is 0 Å². The van der Waals surface area contributed by atoms with E-state index in [0.717, 1.165) is 27.9 Å². The van der Waals surface area contributed by atoms with Crippen molar-refractivity contribution in [3.63, 3.8) is 0 Å². The Morgan fingerprint density at radius 1 is 1.32 bits per heavy atom. The van der Waals surface area contributed by atoms with Gasteiger partial charge in [-0.1, -0.05) is 28.1 Å². The number of Topliss-reactive ketones (excluding diaryl/α,β-unsaturated/α-hetero) is 1. The smallest absolute Gasteiger partial charge is 0.169 e. The average Bonchev–Trinajstić information content (AvgIpc) is 2.80. The maximum absolute atomic E-state index is 12.2. The van der Waals surface area contributed by atoms with Crippen LogP contribution in [0.2, 0.25) is 0 Å². The van der Waals surface area contributed by atoms with Gasteiger partial charge in [-0.15, -0.1) is 11.3 Å². The summed E-state index contributed by atoms with van der Waals surface area (Å²) in [6, 6.07) is 7.56. The molecule has 1 heterocycles. The fourth-order valence-electron chi connectivity index (χ4n) is 2.38. The third-order valence-electron chi connectivity index (χ3n) is 3.35. The molecule has 0 fully saturated rings. The maximum atomic E-state index is 12.2. The van der Waals surface area contributed by atoms with Crippen LogP contribution in [0.3, 0.4) is 0 Å². The fraction of sp³-hybridized carbons (Fsp3) is 0.333. The normalized spacial score (nSPS) is 14.2. The van der Waals surface area contributed by atoms with Crippen molar-refractivity contribution in [1.82, 2.24) is 4.98 Å². The minimum Gasteiger partial charge on any atom is -0.294 e. The number of ketones is 1. The summed E-state index contributed by atoms with van der Waals surface area (Å²) in [4.78, 5) is 18.2. The lowest BCUT2D eigenvalue weighted by atomic mass is 10.0. The number of benzene rings is 1. The molecule has 98 valence electrons. The summed E-state index contributed by atoms with van der Waals surface area (Å²) >= 11 is 5.12. The van der Waals surface area contributed by atoms with Crippen molar-refractivity contribution in [3.05, 3.63) is 49.9 Å². The van der Waals surface area contributed by atoms with Crippen molar-refractivity contribution in [2.24, 2.45) is 0 Å². The van der Waals surface area contributed by atoms with Crippen molar-refractivity contribution < 1.29 is 4.79 Å². The van der Waals surface area contributed by atoms with Crippen LogP contribution in [0.1, 0.15) is 38.8 Å². The summed E-state index contributed by atoms with van der Waals surface area (Å²) in [5.41, 5.74) is 1.98. The predicted molar refractivity (Wildman–Crippen MR) is 80.9 cm³/mol. The molecule has 1 aromatic carbocycles. The maximum Gasteiger partial charge on any atom is 0.169 e. The zero-order valence-corrected chi connectivity index (χ0v) is 12.9. The van der Waals surface area contributed by atoms with E-state index in [1.54, 1.807) is 11.3 Å². The lowest BCUT2D eigenvalue weighted by Crippen LogP contribution is -2.03. The van der Waals surface area contributed by atoms with E-state index in [0.29, 0.717) is 6.42 Å². The first kappa shape index (κ1) is 13.0. The summed E-state index contributed by atoms with van der Waals surface area (Å²) in [6.45, 7) is 0. The second kappa shape index (κ2) is 5.55. The molecule has 0 unspecified atom stereocenters. The Balaban J connectivity index is 1.77. The summed E-state index contributed by atoms with van der Waals surface area (Å²) in [6.07, 6.45) is 5.13. The lowest BCUT2D eigenvalue weighted by molar-refractivity contribution is 0.0993. The Morgan fingerprint density at radius 3 is 2.95 bits per heavy atom. The molecule has 0 bridgehead atoms. The highest BCUT2D eigenvalue weighted by Gasteiger charge is 2.17. The highest BCUT2D eigenvalue weighted by molar-refractivity contribution is 9.10. The quantitative estimate of drug-likeness (QED) is 0.786. The van der Waals surface area contributed by atoms with Gasteiger partial charge in [0.1, 0.15) is 5.01 Å². The van der Waals surface area contributed by atoms with Gasteiger partial charge in [-0.3, -0.25) is 4.79 Å². The molecule has 4 heteroatoms. The number of thiazole rings is 1. The van der Waals surface area contributed by atoms with E-state index in [1.165, 1.54) is 23.4 Å². The van der Waals surface area contributed by atoms with Crippen LogP contribution in [0, 0.1) is 0 Å². The van der Waals surface area contributed by atoms with Crippen LogP contribution in [-0.4, -0.2) is 10.8 Å². The molecule has 0 spiro atoms. The Kier molecular flexibility index (Phi) is 3.80. The molecule has 0 atom stereocenters. The Bertz CT molecular complexity index is 597. The Hall–Kier alpha value is -1.00. The summed E-state index contributed by atoms with van der Waals surface area (Å²) in [7, 11) is 0. The van der Waals surface area contributed by atoms with Gasteiger partial charge in [0.25, 0.3) is 0 Å². The molecule has 2 aromatic rings. The van der Waals surface area contributed by atoms with E-state index in [1.807, 2.05) is 24.3 Å². The van der Waals surface area contributed by atoms with Crippen LogP contribution in [0.25, 0.3) is 0 Å². The Morgan fingerprint density at radius 2 is 2.16 bits per heavy atom. The molecule has 1 aliphatic rings. The number of rotatable bonds is 3. The number of nitrogens with zero attached hydrogens (tertiary/aromatic N) is 1. The number of aromatic nitrogens is 1. The van der Waals surface area contributed by atoms with E-state index in [4.69, 9.17) is 0 Å². The Labute approximate surface area is 125 Å². The first-order valence-corrected chi connectivity index (χ1v) is 8.09. The molecule has 19 heavy (non-hydrogen) atoms. The van der Waals surface area contributed by atoms with E-state index in [9.17, 15) is 4.79 Å². The van der Waals surface area contributed by atoms with Gasteiger partial charge in [0.15, 0.2) is 5.78 Å². The van der Waals surface area contributed by atoms with Crippen molar-refractivity contribution in [1.29, 1.82) is 0 Å². The topological polar surface area (TPSA) is 30.0 Å². The minimum atomic E-state index is 0.146. The lowest BCUT2D eigenvalue weighted by Gasteiger charge is -2.06. The molecule has 0 saturated carbocycles. The summed E-state index contributed by atoms with van der Waals surface area (Å²) < 4.78 is 0.941. The number of halogens is 1. The zero-order chi connectivity index (χ0) is 13.2. The number of aryl methyl sites for hydroxylation is 2. The monoisotopic (exact) mass is 335 g/mol. The SMILES string of the molecule is O=C(Cc1nc2c(s1)CCCC2)c1cccc(Br)c1. The highest BCUT2D eigenvalue weighted by Crippen LogP contribution is 2.27. The molecule has 0 radical (unpaired) electrons. The van der Waals surface area contributed by atoms with Gasteiger partial charge in [-0.05, 0) is 37.8 Å². The van der Waals surface area contributed by atoms with Gasteiger partial charge in [0, 0.05) is 14.9 Å². The number of carbonyl (C=O) groups excluding carboxylic acids is 1. The van der Waals surface area contributed by atoms with E-state index in [-0.39, 0.29) is 5.78 Å². The van der Waals surface area contributed by atoms with E-state index < -0.39 is 0 Å². The number of hydrogen-bond acceptors (Lipinski definition) is 3. The standard InChI is InChI=1S/C15H14BrNOS/c16-11-5-3-4-10(8-11)13(18)9-15-17-12-6-1-2-7-14(12)19-15/h3-5,8H,1-2,6-7,9H2. The van der Waals surface area contributed by atoms with Crippen molar-refractivity contribution in [2.75, 3.05) is 0 Å². The van der Waals surface area contributed by atoms with Gasteiger partial charge in [0.2, 0.25) is 0 Å². The first-order chi connectivity index (χ1) is 9.22. The van der Waals surface area contributed by atoms with Gasteiger partial charge < -0.3 is 0 Å². The first-order valence-electron chi connectivity index (χ1n) is 6.48. The molecule has 0 N–H and O–H groups in total. The molecule has 0 amide bonds. The molecular weight excluding hydrogens is 322 g/mol. The zero-order valence-electron chi connectivity index (χ0n) is 10.5. The van der Waals surface area contributed by atoms with Gasteiger partial charge in [-0.25, -0.2) is 4.98 Å². The molecule has 0 aliphatic heterocycles. The summed E-state index contributed by atoms with van der Waals surface area (Å²) in [5, 5.41) is 0.969. The number of hydrogen-bond donors (Lipinski definition) is 0. The van der Waals surface area contributed by atoms with E-state index >= 15 is 0 Å². The van der Waals surface area contributed by atoms with Crippen molar-refractivity contribution in [2.45, 2.75) is 32.1 Å².